The maximum atomic E-state index is 13.9. The zero-order valence-corrected chi connectivity index (χ0v) is 40.8. The lowest BCUT2D eigenvalue weighted by Crippen LogP contribution is -2.49. The van der Waals surface area contributed by atoms with Crippen molar-refractivity contribution in [2.24, 2.45) is 5.92 Å². The van der Waals surface area contributed by atoms with Crippen LogP contribution in [-0.4, -0.2) is 78.2 Å². The molecule has 6 rings (SSSR count). The van der Waals surface area contributed by atoms with Crippen molar-refractivity contribution in [3.8, 4) is 17.1 Å². The van der Waals surface area contributed by atoms with Gasteiger partial charge in [-0.1, -0.05) is 136 Å². The number of hydroxylamine groups is 2. The second-order valence-corrected chi connectivity index (χ2v) is 17.0. The fourth-order valence-corrected chi connectivity index (χ4v) is 7.96. The van der Waals surface area contributed by atoms with Crippen LogP contribution in [0.2, 0.25) is 0 Å². The Morgan fingerprint density at radius 1 is 0.712 bits per heavy atom. The highest BCUT2D eigenvalue weighted by Gasteiger charge is 2.34. The van der Waals surface area contributed by atoms with Gasteiger partial charge in [0.15, 0.2) is 12.4 Å². The molecule has 0 fully saturated rings. The summed E-state index contributed by atoms with van der Waals surface area (Å²) in [6, 6.07) is 35.3. The second-order valence-electron chi connectivity index (χ2n) is 17.0. The fourth-order valence-electron chi connectivity index (χ4n) is 7.96. The van der Waals surface area contributed by atoms with E-state index in [1.54, 1.807) is 79.7 Å². The summed E-state index contributed by atoms with van der Waals surface area (Å²) in [5, 5.41) is 10.3. The number of hydrogen-bond acceptors (Lipinski definition) is 13. The lowest BCUT2D eigenvalue weighted by Gasteiger charge is -2.32. The molecule has 17 nitrogen and oxygen atoms in total. The van der Waals surface area contributed by atoms with E-state index in [1.807, 2.05) is 37.3 Å². The third-order valence-corrected chi connectivity index (χ3v) is 11.7. The number of ether oxygens (including phenoxy) is 3. The molecule has 380 valence electrons. The highest BCUT2D eigenvalue weighted by atomic mass is 16.7. The van der Waals surface area contributed by atoms with E-state index in [-0.39, 0.29) is 66.9 Å². The summed E-state index contributed by atoms with van der Waals surface area (Å²) in [7, 11) is 0. The number of furan rings is 1. The third kappa shape index (κ3) is 15.4. The Morgan fingerprint density at radius 3 is 2.08 bits per heavy atom. The molecule has 3 atom stereocenters. The Labute approximate surface area is 422 Å². The molecule has 0 aliphatic rings. The molecule has 0 aliphatic heterocycles. The number of ketones is 1. The molecule has 0 aliphatic carbocycles. The van der Waals surface area contributed by atoms with Crippen LogP contribution in [0.25, 0.3) is 22.1 Å². The number of nitrogens with zero attached hydrogens (tertiary/aromatic N) is 1. The van der Waals surface area contributed by atoms with Gasteiger partial charge in [-0.25, -0.2) is 14.4 Å². The molecule has 4 amide bonds. The van der Waals surface area contributed by atoms with Gasteiger partial charge in [0.2, 0.25) is 12.3 Å². The van der Waals surface area contributed by atoms with Crippen molar-refractivity contribution in [3.63, 3.8) is 0 Å². The Kier molecular flexibility index (Phi) is 20.0. The largest absolute Gasteiger partial charge is 0.481 e. The monoisotopic (exact) mass is 994 g/mol. The van der Waals surface area contributed by atoms with Crippen LogP contribution >= 0.6 is 0 Å². The number of hydrogen-bond donors (Lipinski definition) is 3. The van der Waals surface area contributed by atoms with Crippen molar-refractivity contribution >= 4 is 58.6 Å². The fraction of sp³-hybridized carbons (Fsp3) is 0.286. The van der Waals surface area contributed by atoms with E-state index in [4.69, 9.17) is 23.5 Å². The van der Waals surface area contributed by atoms with Gasteiger partial charge in [-0.3, -0.25) is 24.0 Å². The number of esters is 2. The van der Waals surface area contributed by atoms with Gasteiger partial charge < -0.3 is 39.4 Å². The van der Waals surface area contributed by atoms with Crippen LogP contribution < -0.4 is 20.7 Å². The third-order valence-electron chi connectivity index (χ3n) is 11.7. The van der Waals surface area contributed by atoms with Crippen LogP contribution in [0.4, 0.5) is 0 Å². The zero-order valence-electron chi connectivity index (χ0n) is 40.8. The minimum Gasteiger partial charge on any atom is -0.481 e. The summed E-state index contributed by atoms with van der Waals surface area (Å²) in [6.07, 6.45) is 3.01. The van der Waals surface area contributed by atoms with Crippen LogP contribution in [0.15, 0.2) is 138 Å². The van der Waals surface area contributed by atoms with E-state index in [9.17, 15) is 38.4 Å². The predicted octanol–water partition coefficient (Wildman–Crippen LogP) is 8.05. The van der Waals surface area contributed by atoms with Crippen molar-refractivity contribution in [1.82, 2.24) is 21.0 Å². The lowest BCUT2D eigenvalue weighted by atomic mass is 9.90. The van der Waals surface area contributed by atoms with Crippen LogP contribution in [0.1, 0.15) is 102 Å². The summed E-state index contributed by atoms with van der Waals surface area (Å²) in [5.41, 5.74) is 1.91. The topological polar surface area (TPSA) is 226 Å². The maximum Gasteiger partial charge on any atom is 0.363 e. The first-order valence-corrected chi connectivity index (χ1v) is 24.0. The molecule has 17 heteroatoms. The van der Waals surface area contributed by atoms with Gasteiger partial charge in [0.25, 0.3) is 11.8 Å². The van der Waals surface area contributed by atoms with Crippen molar-refractivity contribution in [2.45, 2.75) is 84.6 Å². The molecular weight excluding hydrogens is 937 g/mol. The highest BCUT2D eigenvalue weighted by Crippen LogP contribution is 2.30. The normalized spacial score (nSPS) is 12.0. The van der Waals surface area contributed by atoms with E-state index in [1.165, 1.54) is 37.3 Å². The molecule has 1 aromatic heterocycles. The summed E-state index contributed by atoms with van der Waals surface area (Å²) in [5.74, 6) is -5.62. The van der Waals surface area contributed by atoms with Gasteiger partial charge in [0.1, 0.15) is 36.5 Å². The van der Waals surface area contributed by atoms with E-state index in [0.29, 0.717) is 35.8 Å². The molecule has 0 saturated heterocycles. The maximum absolute atomic E-state index is 13.9. The van der Waals surface area contributed by atoms with Gasteiger partial charge in [0.05, 0.1) is 29.8 Å². The first kappa shape index (κ1) is 53.7. The number of benzene rings is 5. The number of carbonyl (C=O) groups is 8. The van der Waals surface area contributed by atoms with Gasteiger partial charge in [-0.05, 0) is 72.0 Å². The molecule has 3 N–H and O–H groups in total. The summed E-state index contributed by atoms with van der Waals surface area (Å²) < 4.78 is 22.6. The minimum absolute atomic E-state index is 0.0307. The van der Waals surface area contributed by atoms with Crippen molar-refractivity contribution < 1.29 is 61.8 Å². The minimum atomic E-state index is -1.36. The summed E-state index contributed by atoms with van der Waals surface area (Å²) in [6.45, 7) is 4.00. The average molecular weight is 995 g/mol. The molecule has 0 unspecified atom stereocenters. The Balaban J connectivity index is 1.13. The molecular formula is C56H58N4O13. The van der Waals surface area contributed by atoms with Crippen LogP contribution in [0, 0.1) is 5.92 Å². The standard InChI is InChI=1S/C56H58N4O13/c1-4-6-9-24-44(47(5-2)60(36-61)73-55(67)43-25-16-22-40-21-14-15-23-42(40)43)52(64)57-35-58-54(66)49-29-28-48(72-49)41-26-27-45(50(31-41)69-34-51(63)70-32-38-17-10-7-11-18-38)53(65)59-46(30-37(3)62)56(68)71-33-39-19-12-8-13-20-39/h7-8,10-23,25-29,31,36,44,46-47H,4-6,9,24,30,32-35H2,1-3H3,(H,57,64)(H,58,66)(H,59,65)/t44-,46+,47-/m1/s1. The average Bonchev–Trinajstić information content (AvgIpc) is 3.91. The number of unbranched alkanes of at least 4 members (excludes halogenated alkanes) is 2. The van der Waals surface area contributed by atoms with Gasteiger partial charge in [-0.2, -0.15) is 5.06 Å². The molecule has 1 heterocycles. The summed E-state index contributed by atoms with van der Waals surface area (Å²) >= 11 is 0. The van der Waals surface area contributed by atoms with Gasteiger partial charge in [0, 0.05) is 12.0 Å². The molecule has 6 aromatic rings. The summed E-state index contributed by atoms with van der Waals surface area (Å²) in [4.78, 5) is 111. The van der Waals surface area contributed by atoms with Crippen LogP contribution in [0.5, 0.6) is 5.75 Å². The Bertz CT molecular complexity index is 2860. The Morgan fingerprint density at radius 2 is 1.40 bits per heavy atom. The lowest BCUT2D eigenvalue weighted by molar-refractivity contribution is -0.171. The molecule has 0 bridgehead atoms. The zero-order chi connectivity index (χ0) is 52.1. The smallest absolute Gasteiger partial charge is 0.363 e. The van der Waals surface area contributed by atoms with E-state index >= 15 is 0 Å². The van der Waals surface area contributed by atoms with E-state index in [0.717, 1.165) is 28.9 Å². The number of amides is 4. The highest BCUT2D eigenvalue weighted by molar-refractivity contribution is 6.04. The second kappa shape index (κ2) is 27.1. The molecule has 0 spiro atoms. The SMILES string of the molecule is CCCCC[C@@H](C(=O)NCNC(=O)c1ccc(-c2ccc(C(=O)N[C@@H](CC(C)=O)C(=O)OCc3ccccc3)c(OCC(=O)OCc3ccccc3)c2)o1)[C@@H](CC)N(C=O)OC(=O)c1cccc2ccccc12. The van der Waals surface area contributed by atoms with Crippen molar-refractivity contribution in [3.05, 3.63) is 161 Å². The van der Waals surface area contributed by atoms with E-state index < -0.39 is 60.2 Å². The number of Topliss-reactive ketones (excluding diaryl/α,β-unsaturated/α-hetero) is 1. The molecule has 0 saturated carbocycles. The molecule has 73 heavy (non-hydrogen) atoms. The first-order chi connectivity index (χ1) is 35.4. The van der Waals surface area contributed by atoms with Crippen LogP contribution in [-0.2, 0) is 51.5 Å². The van der Waals surface area contributed by atoms with Crippen molar-refractivity contribution in [2.75, 3.05) is 13.3 Å². The number of fused-ring (bicyclic) bond motifs is 1. The number of nitrogens with one attached hydrogen (secondary N) is 3. The van der Waals surface area contributed by atoms with Crippen molar-refractivity contribution in [1.29, 1.82) is 0 Å². The van der Waals surface area contributed by atoms with Crippen LogP contribution in [0.3, 0.4) is 0 Å². The van der Waals surface area contributed by atoms with E-state index in [2.05, 4.69) is 16.0 Å². The molecule has 0 radical (unpaired) electrons. The quantitative estimate of drug-likeness (QED) is 0.0146. The van der Waals surface area contributed by atoms with Gasteiger partial charge in [-0.15, -0.1) is 0 Å². The predicted molar refractivity (Wildman–Crippen MR) is 268 cm³/mol. The van der Waals surface area contributed by atoms with Gasteiger partial charge >= 0.3 is 17.9 Å². The first-order valence-electron chi connectivity index (χ1n) is 24.0. The Hall–Kier alpha value is -8.60. The number of carbonyl (C=O) groups excluding carboxylic acids is 8. The number of rotatable bonds is 27. The molecule has 5 aromatic carbocycles.